The molecule has 0 N–H and O–H groups in total. The Bertz CT molecular complexity index is 810. The molecule has 0 unspecified atom stereocenters. The number of rotatable bonds is 3. The van der Waals surface area contributed by atoms with Gasteiger partial charge in [0.1, 0.15) is 0 Å². The predicted molar refractivity (Wildman–Crippen MR) is 80.6 cm³/mol. The molecular weight excluding hydrogens is 262 g/mol. The van der Waals surface area contributed by atoms with E-state index in [2.05, 4.69) is 4.98 Å². The maximum absolute atomic E-state index is 11.1. The summed E-state index contributed by atoms with van der Waals surface area (Å²) in [7, 11) is 0. The van der Waals surface area contributed by atoms with Gasteiger partial charge in [-0.1, -0.05) is 48.5 Å². The molecule has 0 aliphatic heterocycles. The number of carboxylic acid groups (broad SMARTS) is 1. The van der Waals surface area contributed by atoms with Crippen LogP contribution in [0.1, 0.15) is 11.3 Å². The first-order valence-electron chi connectivity index (χ1n) is 6.80. The van der Waals surface area contributed by atoms with E-state index in [1.54, 1.807) is 0 Å². The van der Waals surface area contributed by atoms with Crippen LogP contribution in [0.5, 0.6) is 0 Å². The zero-order valence-corrected chi connectivity index (χ0v) is 11.7. The molecule has 0 spiro atoms. The standard InChI is InChI=1S/C18H15NO2/c1-12-15(11-17(20)21)18(13-7-3-2-4-8-13)14-9-5-6-10-16(14)19-12/h2-10H,11H2,1H3,(H,20,21)/p-1. The summed E-state index contributed by atoms with van der Waals surface area (Å²) in [5.74, 6) is -1.09. The van der Waals surface area contributed by atoms with Gasteiger partial charge in [0.15, 0.2) is 0 Å². The number of carbonyl (C=O) groups is 1. The van der Waals surface area contributed by atoms with Crippen LogP contribution in [0.4, 0.5) is 0 Å². The lowest BCUT2D eigenvalue weighted by atomic mass is 9.93. The molecule has 0 atom stereocenters. The summed E-state index contributed by atoms with van der Waals surface area (Å²) in [5, 5.41) is 12.1. The second kappa shape index (κ2) is 5.37. The number of hydrogen-bond acceptors (Lipinski definition) is 3. The lowest BCUT2D eigenvalue weighted by Gasteiger charge is -2.16. The fourth-order valence-corrected chi connectivity index (χ4v) is 2.67. The Labute approximate surface area is 122 Å². The number of fused-ring (bicyclic) bond motifs is 1. The summed E-state index contributed by atoms with van der Waals surface area (Å²) < 4.78 is 0. The highest BCUT2D eigenvalue weighted by molar-refractivity contribution is 5.97. The van der Waals surface area contributed by atoms with E-state index in [-0.39, 0.29) is 6.42 Å². The van der Waals surface area contributed by atoms with E-state index < -0.39 is 5.97 Å². The number of nitrogens with zero attached hydrogens (tertiary/aromatic N) is 1. The van der Waals surface area contributed by atoms with E-state index >= 15 is 0 Å². The van der Waals surface area contributed by atoms with Gasteiger partial charge in [-0.25, -0.2) is 0 Å². The second-order valence-corrected chi connectivity index (χ2v) is 4.98. The molecule has 0 radical (unpaired) electrons. The summed E-state index contributed by atoms with van der Waals surface area (Å²) in [5.41, 5.74) is 4.26. The lowest BCUT2D eigenvalue weighted by molar-refractivity contribution is -0.304. The van der Waals surface area contributed by atoms with Crippen LogP contribution in [0, 0.1) is 6.92 Å². The van der Waals surface area contributed by atoms with Crippen molar-refractivity contribution in [3.63, 3.8) is 0 Å². The highest BCUT2D eigenvalue weighted by atomic mass is 16.4. The van der Waals surface area contributed by atoms with Crippen molar-refractivity contribution in [2.45, 2.75) is 13.3 Å². The Balaban J connectivity index is 2.39. The third kappa shape index (κ3) is 2.50. The molecule has 3 rings (SSSR count). The Hall–Kier alpha value is -2.68. The third-order valence-corrected chi connectivity index (χ3v) is 3.58. The van der Waals surface area contributed by atoms with Crippen LogP contribution in [-0.2, 0) is 11.2 Å². The van der Waals surface area contributed by atoms with Gasteiger partial charge in [-0.3, -0.25) is 4.98 Å². The van der Waals surface area contributed by atoms with Crippen molar-refractivity contribution in [1.82, 2.24) is 4.98 Å². The molecule has 21 heavy (non-hydrogen) atoms. The molecule has 2 aromatic carbocycles. The van der Waals surface area contributed by atoms with Gasteiger partial charge in [0.05, 0.1) is 5.52 Å². The second-order valence-electron chi connectivity index (χ2n) is 4.98. The van der Waals surface area contributed by atoms with Crippen LogP contribution in [0.15, 0.2) is 54.6 Å². The molecule has 3 heteroatoms. The summed E-state index contributed by atoms with van der Waals surface area (Å²) in [6.45, 7) is 1.84. The minimum Gasteiger partial charge on any atom is -0.550 e. The quantitative estimate of drug-likeness (QED) is 0.738. The molecule has 3 aromatic rings. The SMILES string of the molecule is Cc1nc2ccccc2c(-c2ccccc2)c1CC(=O)[O-]. The van der Waals surface area contributed by atoms with Gasteiger partial charge in [-0.05, 0) is 29.7 Å². The van der Waals surface area contributed by atoms with Crippen molar-refractivity contribution in [1.29, 1.82) is 0 Å². The molecule has 104 valence electrons. The van der Waals surface area contributed by atoms with E-state index in [1.165, 1.54) is 0 Å². The van der Waals surface area contributed by atoms with Crippen LogP contribution >= 0.6 is 0 Å². The summed E-state index contributed by atoms with van der Waals surface area (Å²) in [6.07, 6.45) is -0.131. The number of carboxylic acids is 1. The Morgan fingerprint density at radius 1 is 1.05 bits per heavy atom. The maximum atomic E-state index is 11.1. The zero-order valence-electron chi connectivity index (χ0n) is 11.7. The summed E-state index contributed by atoms with van der Waals surface area (Å²) in [6, 6.07) is 17.6. The van der Waals surface area contributed by atoms with Gasteiger partial charge >= 0.3 is 0 Å². The van der Waals surface area contributed by atoms with E-state index in [0.717, 1.165) is 33.3 Å². The molecule has 0 saturated carbocycles. The molecule has 0 saturated heterocycles. The van der Waals surface area contributed by atoms with Crippen LogP contribution < -0.4 is 5.11 Å². The first-order chi connectivity index (χ1) is 10.2. The van der Waals surface area contributed by atoms with Crippen LogP contribution in [0.2, 0.25) is 0 Å². The van der Waals surface area contributed by atoms with E-state index in [9.17, 15) is 9.90 Å². The maximum Gasteiger partial charge on any atom is 0.0711 e. The van der Waals surface area contributed by atoms with Gasteiger partial charge in [0.2, 0.25) is 0 Å². The molecule has 3 nitrogen and oxygen atoms in total. The Morgan fingerprint density at radius 3 is 2.43 bits per heavy atom. The molecule has 0 fully saturated rings. The minimum atomic E-state index is -1.09. The third-order valence-electron chi connectivity index (χ3n) is 3.58. The van der Waals surface area contributed by atoms with E-state index in [0.29, 0.717) is 0 Å². The van der Waals surface area contributed by atoms with Crippen molar-refractivity contribution in [2.24, 2.45) is 0 Å². The average Bonchev–Trinajstić information content (AvgIpc) is 2.48. The number of aromatic nitrogens is 1. The largest absolute Gasteiger partial charge is 0.550 e. The molecular formula is C18H14NO2-. The average molecular weight is 276 g/mol. The number of aryl methyl sites for hydroxylation is 1. The summed E-state index contributed by atoms with van der Waals surface area (Å²) >= 11 is 0. The van der Waals surface area contributed by atoms with E-state index in [4.69, 9.17) is 0 Å². The van der Waals surface area contributed by atoms with Crippen molar-refractivity contribution in [2.75, 3.05) is 0 Å². The van der Waals surface area contributed by atoms with Gasteiger partial charge in [-0.2, -0.15) is 0 Å². The first kappa shape index (κ1) is 13.3. The van der Waals surface area contributed by atoms with Gasteiger partial charge in [0.25, 0.3) is 0 Å². The van der Waals surface area contributed by atoms with Crippen LogP contribution in [0.3, 0.4) is 0 Å². The van der Waals surface area contributed by atoms with Gasteiger partial charge < -0.3 is 9.90 Å². The fraction of sp³-hybridized carbons (Fsp3) is 0.111. The highest BCUT2D eigenvalue weighted by Crippen LogP contribution is 2.33. The molecule has 0 amide bonds. The molecule has 1 heterocycles. The zero-order chi connectivity index (χ0) is 14.8. The topological polar surface area (TPSA) is 53.0 Å². The van der Waals surface area contributed by atoms with Crippen molar-refractivity contribution in [3.05, 3.63) is 65.9 Å². The van der Waals surface area contributed by atoms with Crippen LogP contribution in [-0.4, -0.2) is 11.0 Å². The molecule has 0 bridgehead atoms. The number of para-hydroxylation sites is 1. The molecule has 0 aliphatic rings. The van der Waals surface area contributed by atoms with Crippen molar-refractivity contribution >= 4 is 16.9 Å². The van der Waals surface area contributed by atoms with Crippen LogP contribution in [0.25, 0.3) is 22.0 Å². The normalized spacial score (nSPS) is 10.7. The molecule has 0 aliphatic carbocycles. The van der Waals surface area contributed by atoms with E-state index in [1.807, 2.05) is 61.5 Å². The number of aliphatic carboxylic acids is 1. The smallest absolute Gasteiger partial charge is 0.0711 e. The Kier molecular flexibility index (Phi) is 3.40. The first-order valence-corrected chi connectivity index (χ1v) is 6.80. The highest BCUT2D eigenvalue weighted by Gasteiger charge is 2.14. The van der Waals surface area contributed by atoms with Crippen molar-refractivity contribution < 1.29 is 9.90 Å². The van der Waals surface area contributed by atoms with Gasteiger partial charge in [-0.15, -0.1) is 0 Å². The lowest BCUT2D eigenvalue weighted by Crippen LogP contribution is -2.25. The minimum absolute atomic E-state index is 0.131. The number of benzene rings is 2. The fourth-order valence-electron chi connectivity index (χ4n) is 2.67. The summed E-state index contributed by atoms with van der Waals surface area (Å²) in [4.78, 5) is 15.6. The number of hydrogen-bond donors (Lipinski definition) is 0. The Morgan fingerprint density at radius 2 is 1.71 bits per heavy atom. The monoisotopic (exact) mass is 276 g/mol. The predicted octanol–water partition coefficient (Wildman–Crippen LogP) is 2.50. The van der Waals surface area contributed by atoms with Crippen molar-refractivity contribution in [3.8, 4) is 11.1 Å². The van der Waals surface area contributed by atoms with Gasteiger partial charge in [0, 0.05) is 23.5 Å². The molecule has 1 aromatic heterocycles. The number of pyridine rings is 1. The number of carbonyl (C=O) groups excluding carboxylic acids is 1.